The molecular formula is C8H8N4O2. The van der Waals surface area contributed by atoms with Crippen LogP contribution in [0.4, 0.5) is 0 Å². The first-order valence-corrected chi connectivity index (χ1v) is 4.15. The van der Waals surface area contributed by atoms with E-state index in [1.165, 1.54) is 0 Å². The van der Waals surface area contributed by atoms with Crippen molar-refractivity contribution in [1.29, 1.82) is 0 Å². The highest BCUT2D eigenvalue weighted by Crippen LogP contribution is 2.28. The zero-order valence-electron chi connectivity index (χ0n) is 7.33. The molecule has 0 saturated heterocycles. The number of fused-ring (bicyclic) bond motifs is 1. The van der Waals surface area contributed by atoms with Crippen molar-refractivity contribution in [3.05, 3.63) is 28.8 Å². The first-order chi connectivity index (χ1) is 6.90. The lowest BCUT2D eigenvalue weighted by molar-refractivity contribution is 0.0908. The van der Waals surface area contributed by atoms with E-state index >= 15 is 0 Å². The monoisotopic (exact) mass is 192 g/mol. The molecule has 0 fully saturated rings. The molecule has 0 aromatic carbocycles. The fraction of sp³-hybridized carbons (Fsp3) is 0.375. The topological polar surface area (TPSA) is 80.1 Å². The summed E-state index contributed by atoms with van der Waals surface area (Å²) in [6, 6.07) is 3.56. The Bertz CT molecular complexity index is 375. The summed E-state index contributed by atoms with van der Waals surface area (Å²) in [6.07, 6.45) is 1.38. The Hall–Kier alpha value is -1.94. The van der Waals surface area contributed by atoms with Gasteiger partial charge in [0.05, 0.1) is 6.54 Å². The number of azide groups is 1. The van der Waals surface area contributed by atoms with Crippen LogP contribution in [0.1, 0.15) is 0 Å². The summed E-state index contributed by atoms with van der Waals surface area (Å²) in [5, 5.41) is 3.42. The predicted molar refractivity (Wildman–Crippen MR) is 48.2 cm³/mol. The molecule has 0 saturated carbocycles. The lowest BCUT2D eigenvalue weighted by Crippen LogP contribution is -2.31. The van der Waals surface area contributed by atoms with Crippen molar-refractivity contribution in [2.75, 3.05) is 13.2 Å². The molecule has 1 aliphatic rings. The third-order valence-electron chi connectivity index (χ3n) is 1.79. The first-order valence-electron chi connectivity index (χ1n) is 4.15. The van der Waals surface area contributed by atoms with E-state index in [0.717, 1.165) is 0 Å². The quantitative estimate of drug-likeness (QED) is 0.405. The molecule has 0 bridgehead atoms. The predicted octanol–water partition coefficient (Wildman–Crippen LogP) is 1.53. The van der Waals surface area contributed by atoms with E-state index in [9.17, 15) is 0 Å². The summed E-state index contributed by atoms with van der Waals surface area (Å²) < 4.78 is 10.8. The Balaban J connectivity index is 2.09. The number of ether oxygens (including phenoxy) is 2. The zero-order valence-corrected chi connectivity index (χ0v) is 7.33. The van der Waals surface area contributed by atoms with Gasteiger partial charge in [-0.3, -0.25) is 0 Å². The summed E-state index contributed by atoms with van der Waals surface area (Å²) >= 11 is 0. The van der Waals surface area contributed by atoms with E-state index in [1.807, 2.05) is 0 Å². The van der Waals surface area contributed by atoms with Crippen molar-refractivity contribution in [3.63, 3.8) is 0 Å². The summed E-state index contributed by atoms with van der Waals surface area (Å²) in [5.74, 6) is 1.08. The maximum absolute atomic E-state index is 8.14. The van der Waals surface area contributed by atoms with Crippen molar-refractivity contribution in [2.24, 2.45) is 5.11 Å². The van der Waals surface area contributed by atoms with Crippen LogP contribution in [-0.2, 0) is 0 Å². The van der Waals surface area contributed by atoms with Gasteiger partial charge in [-0.2, -0.15) is 0 Å². The standard InChI is InChI=1S/C8H8N4O2/c9-12-11-4-6-5-13-7-2-1-3-10-8(7)14-6/h1-3,6H,4-5H2. The smallest absolute Gasteiger partial charge is 0.257 e. The van der Waals surface area contributed by atoms with E-state index in [0.29, 0.717) is 18.2 Å². The van der Waals surface area contributed by atoms with Gasteiger partial charge in [-0.05, 0) is 17.7 Å². The molecule has 2 rings (SSSR count). The summed E-state index contributed by atoms with van der Waals surface area (Å²) in [4.78, 5) is 6.65. The van der Waals surface area contributed by atoms with Crippen molar-refractivity contribution in [3.8, 4) is 11.6 Å². The molecule has 1 aliphatic heterocycles. The van der Waals surface area contributed by atoms with Gasteiger partial charge >= 0.3 is 0 Å². The van der Waals surface area contributed by atoms with E-state index in [2.05, 4.69) is 15.0 Å². The molecule has 0 aliphatic carbocycles. The molecule has 0 radical (unpaired) electrons. The molecule has 2 heterocycles. The van der Waals surface area contributed by atoms with Gasteiger partial charge in [0, 0.05) is 11.1 Å². The van der Waals surface area contributed by atoms with Crippen LogP contribution >= 0.6 is 0 Å². The van der Waals surface area contributed by atoms with Crippen molar-refractivity contribution >= 4 is 0 Å². The minimum atomic E-state index is -0.242. The summed E-state index contributed by atoms with van der Waals surface area (Å²) in [5.41, 5.74) is 8.14. The SMILES string of the molecule is [N-]=[N+]=NCC1COc2cccnc2O1. The fourth-order valence-corrected chi connectivity index (χ4v) is 1.17. The molecule has 1 unspecified atom stereocenters. The van der Waals surface area contributed by atoms with Crippen LogP contribution in [0.25, 0.3) is 10.4 Å². The lowest BCUT2D eigenvalue weighted by Gasteiger charge is -2.23. The molecule has 0 N–H and O–H groups in total. The first kappa shape index (κ1) is 8.65. The average molecular weight is 192 g/mol. The van der Waals surface area contributed by atoms with E-state index in [4.69, 9.17) is 15.0 Å². The number of hydrogen-bond acceptors (Lipinski definition) is 4. The molecule has 0 spiro atoms. The highest BCUT2D eigenvalue weighted by Gasteiger charge is 2.20. The van der Waals surface area contributed by atoms with Crippen LogP contribution in [0, 0.1) is 0 Å². The molecule has 72 valence electrons. The normalized spacial score (nSPS) is 18.4. The van der Waals surface area contributed by atoms with Crippen molar-refractivity contribution in [1.82, 2.24) is 4.98 Å². The van der Waals surface area contributed by atoms with Crippen LogP contribution in [-0.4, -0.2) is 24.2 Å². The average Bonchev–Trinajstić information content (AvgIpc) is 2.26. The van der Waals surface area contributed by atoms with Gasteiger partial charge in [0.2, 0.25) is 0 Å². The van der Waals surface area contributed by atoms with Gasteiger partial charge in [0.25, 0.3) is 5.88 Å². The third kappa shape index (κ3) is 1.70. The minimum absolute atomic E-state index is 0.242. The highest BCUT2D eigenvalue weighted by molar-refractivity contribution is 5.33. The summed E-state index contributed by atoms with van der Waals surface area (Å²) in [6.45, 7) is 0.643. The number of nitrogens with zero attached hydrogens (tertiary/aromatic N) is 4. The van der Waals surface area contributed by atoms with Crippen molar-refractivity contribution < 1.29 is 9.47 Å². The van der Waals surface area contributed by atoms with E-state index < -0.39 is 0 Å². The second-order valence-corrected chi connectivity index (χ2v) is 2.77. The second kappa shape index (κ2) is 3.85. The van der Waals surface area contributed by atoms with Gasteiger partial charge < -0.3 is 9.47 Å². The molecule has 6 nitrogen and oxygen atoms in total. The molecule has 1 aromatic rings. The van der Waals surface area contributed by atoms with Gasteiger partial charge in [-0.15, -0.1) is 0 Å². The zero-order chi connectivity index (χ0) is 9.80. The minimum Gasteiger partial charge on any atom is -0.484 e. The number of aromatic nitrogens is 1. The van der Waals surface area contributed by atoms with Crippen LogP contribution < -0.4 is 9.47 Å². The Labute approximate surface area is 80.1 Å². The van der Waals surface area contributed by atoms with Gasteiger partial charge in [-0.1, -0.05) is 5.11 Å². The number of pyridine rings is 1. The van der Waals surface area contributed by atoms with Crippen molar-refractivity contribution in [2.45, 2.75) is 6.10 Å². The Kier molecular flexibility index (Phi) is 2.38. The number of hydrogen-bond donors (Lipinski definition) is 0. The highest BCUT2D eigenvalue weighted by atomic mass is 16.6. The summed E-state index contributed by atoms with van der Waals surface area (Å²) in [7, 11) is 0. The maximum Gasteiger partial charge on any atom is 0.257 e. The maximum atomic E-state index is 8.14. The largest absolute Gasteiger partial charge is 0.484 e. The number of rotatable bonds is 2. The second-order valence-electron chi connectivity index (χ2n) is 2.77. The van der Waals surface area contributed by atoms with Gasteiger partial charge in [-0.25, -0.2) is 4.98 Å². The molecule has 6 heteroatoms. The molecule has 14 heavy (non-hydrogen) atoms. The Morgan fingerprint density at radius 2 is 2.64 bits per heavy atom. The van der Waals surface area contributed by atoms with Gasteiger partial charge in [0.15, 0.2) is 5.75 Å². The Morgan fingerprint density at radius 3 is 3.50 bits per heavy atom. The lowest BCUT2D eigenvalue weighted by atomic mass is 10.3. The molecule has 0 amide bonds. The van der Waals surface area contributed by atoms with E-state index in [-0.39, 0.29) is 12.6 Å². The molecular weight excluding hydrogens is 184 g/mol. The third-order valence-corrected chi connectivity index (χ3v) is 1.79. The van der Waals surface area contributed by atoms with Crippen LogP contribution in [0.15, 0.2) is 23.4 Å². The molecule has 1 atom stereocenters. The molecule has 1 aromatic heterocycles. The Morgan fingerprint density at radius 1 is 1.71 bits per heavy atom. The fourth-order valence-electron chi connectivity index (χ4n) is 1.17. The van der Waals surface area contributed by atoms with Crippen LogP contribution in [0.2, 0.25) is 0 Å². The van der Waals surface area contributed by atoms with E-state index in [1.54, 1.807) is 18.3 Å². The van der Waals surface area contributed by atoms with Gasteiger partial charge in [0.1, 0.15) is 12.7 Å². The van der Waals surface area contributed by atoms with Crippen LogP contribution in [0.5, 0.6) is 11.6 Å². The van der Waals surface area contributed by atoms with Crippen LogP contribution in [0.3, 0.4) is 0 Å².